The predicted molar refractivity (Wildman–Crippen MR) is 106 cm³/mol. The standard InChI is InChI=1S/C21H40N2O2/c1-17(20(2,3)4)22-25-16-10-8-9-11-19(24)23-14-12-18(13-15-23)21(5,6)7/h18H,8-16H2,1-7H3/b22-17-. The Morgan fingerprint density at radius 3 is 2.16 bits per heavy atom. The Bertz CT molecular complexity index is 436. The van der Waals surface area contributed by atoms with Crippen molar-refractivity contribution in [3.8, 4) is 0 Å². The Balaban J connectivity index is 2.12. The maximum Gasteiger partial charge on any atom is 0.222 e. The van der Waals surface area contributed by atoms with Crippen LogP contribution in [0.25, 0.3) is 0 Å². The number of carbonyl (C=O) groups excluding carboxylic acids is 1. The van der Waals surface area contributed by atoms with E-state index < -0.39 is 0 Å². The third-order valence-corrected chi connectivity index (χ3v) is 5.49. The minimum Gasteiger partial charge on any atom is -0.396 e. The fourth-order valence-corrected chi connectivity index (χ4v) is 3.05. The molecule has 146 valence electrons. The molecule has 0 aliphatic carbocycles. The van der Waals surface area contributed by atoms with Gasteiger partial charge < -0.3 is 9.74 Å². The van der Waals surface area contributed by atoms with Gasteiger partial charge in [-0.15, -0.1) is 0 Å². The van der Waals surface area contributed by atoms with Gasteiger partial charge in [-0.05, 0) is 50.4 Å². The van der Waals surface area contributed by atoms with Gasteiger partial charge in [-0.2, -0.15) is 0 Å². The van der Waals surface area contributed by atoms with E-state index in [1.807, 2.05) is 6.92 Å². The smallest absolute Gasteiger partial charge is 0.222 e. The average molecular weight is 353 g/mol. The number of piperidine rings is 1. The summed E-state index contributed by atoms with van der Waals surface area (Å²) >= 11 is 0. The van der Waals surface area contributed by atoms with Crippen molar-refractivity contribution in [2.45, 2.75) is 87.0 Å². The van der Waals surface area contributed by atoms with Crippen LogP contribution < -0.4 is 0 Å². The molecule has 1 fully saturated rings. The van der Waals surface area contributed by atoms with Gasteiger partial charge in [-0.25, -0.2) is 0 Å². The van der Waals surface area contributed by atoms with Gasteiger partial charge in [0.15, 0.2) is 0 Å². The van der Waals surface area contributed by atoms with Crippen LogP contribution in [0.1, 0.15) is 87.0 Å². The van der Waals surface area contributed by atoms with Crippen LogP contribution in [0.3, 0.4) is 0 Å². The predicted octanol–water partition coefficient (Wildman–Crippen LogP) is 5.27. The maximum atomic E-state index is 12.3. The molecule has 0 aromatic carbocycles. The minimum absolute atomic E-state index is 0.0624. The van der Waals surface area contributed by atoms with Crippen LogP contribution in [0.4, 0.5) is 0 Å². The van der Waals surface area contributed by atoms with Crippen molar-refractivity contribution in [2.75, 3.05) is 19.7 Å². The summed E-state index contributed by atoms with van der Waals surface area (Å²) < 4.78 is 0. The second kappa shape index (κ2) is 9.59. The normalized spacial score (nSPS) is 17.7. The number of oxime groups is 1. The summed E-state index contributed by atoms with van der Waals surface area (Å²) in [7, 11) is 0. The zero-order valence-corrected chi connectivity index (χ0v) is 17.7. The fourth-order valence-electron chi connectivity index (χ4n) is 3.05. The lowest BCUT2D eigenvalue weighted by molar-refractivity contribution is -0.133. The fraction of sp³-hybridized carbons (Fsp3) is 0.905. The van der Waals surface area contributed by atoms with Gasteiger partial charge >= 0.3 is 0 Å². The number of amides is 1. The third kappa shape index (κ3) is 8.24. The lowest BCUT2D eigenvalue weighted by Gasteiger charge is -2.38. The topological polar surface area (TPSA) is 41.9 Å². The molecular weight excluding hydrogens is 312 g/mol. The molecule has 1 aliphatic heterocycles. The van der Waals surface area contributed by atoms with E-state index in [0.717, 1.165) is 56.8 Å². The van der Waals surface area contributed by atoms with E-state index in [1.165, 1.54) is 0 Å². The highest BCUT2D eigenvalue weighted by Gasteiger charge is 2.30. The van der Waals surface area contributed by atoms with Gasteiger partial charge in [0.25, 0.3) is 0 Å². The van der Waals surface area contributed by atoms with Crippen molar-refractivity contribution < 1.29 is 9.63 Å². The second-order valence-corrected chi connectivity index (χ2v) is 9.59. The summed E-state index contributed by atoms with van der Waals surface area (Å²) in [6, 6.07) is 0. The summed E-state index contributed by atoms with van der Waals surface area (Å²) in [5.74, 6) is 1.07. The Morgan fingerprint density at radius 1 is 1.04 bits per heavy atom. The summed E-state index contributed by atoms with van der Waals surface area (Å²) in [5, 5.41) is 4.17. The molecule has 0 spiro atoms. The van der Waals surface area contributed by atoms with Crippen LogP contribution in [0.2, 0.25) is 0 Å². The van der Waals surface area contributed by atoms with E-state index in [-0.39, 0.29) is 5.41 Å². The minimum atomic E-state index is 0.0624. The largest absolute Gasteiger partial charge is 0.396 e. The van der Waals surface area contributed by atoms with Gasteiger partial charge in [0.05, 0.1) is 5.71 Å². The highest BCUT2D eigenvalue weighted by atomic mass is 16.6. The van der Waals surface area contributed by atoms with E-state index in [9.17, 15) is 4.79 Å². The van der Waals surface area contributed by atoms with Crippen molar-refractivity contribution >= 4 is 11.6 Å². The van der Waals surface area contributed by atoms with Crippen LogP contribution in [0, 0.1) is 16.7 Å². The van der Waals surface area contributed by atoms with Crippen molar-refractivity contribution in [3.63, 3.8) is 0 Å². The number of rotatable bonds is 7. The van der Waals surface area contributed by atoms with Gasteiger partial charge in [0.2, 0.25) is 5.91 Å². The van der Waals surface area contributed by atoms with Gasteiger partial charge in [-0.3, -0.25) is 4.79 Å². The number of hydrogen-bond donors (Lipinski definition) is 0. The molecule has 4 nitrogen and oxygen atoms in total. The number of likely N-dealkylation sites (tertiary alicyclic amines) is 1. The Kier molecular flexibility index (Phi) is 8.43. The first-order chi connectivity index (χ1) is 11.5. The van der Waals surface area contributed by atoms with Crippen LogP contribution >= 0.6 is 0 Å². The molecule has 0 N–H and O–H groups in total. The molecule has 0 radical (unpaired) electrons. The Hall–Kier alpha value is -1.06. The van der Waals surface area contributed by atoms with Crippen LogP contribution in [0.15, 0.2) is 5.16 Å². The van der Waals surface area contributed by atoms with Crippen LogP contribution in [-0.4, -0.2) is 36.2 Å². The highest BCUT2D eigenvalue weighted by molar-refractivity contribution is 5.86. The monoisotopic (exact) mass is 352 g/mol. The third-order valence-electron chi connectivity index (χ3n) is 5.49. The quantitative estimate of drug-likeness (QED) is 0.356. The Morgan fingerprint density at radius 2 is 1.64 bits per heavy atom. The molecule has 4 heteroatoms. The highest BCUT2D eigenvalue weighted by Crippen LogP contribution is 2.34. The number of unbranched alkanes of at least 4 members (excludes halogenated alkanes) is 2. The summed E-state index contributed by atoms with van der Waals surface area (Å²) in [5.41, 5.74) is 1.44. The number of carbonyl (C=O) groups is 1. The molecular formula is C21H40N2O2. The van der Waals surface area contributed by atoms with Crippen LogP contribution in [-0.2, 0) is 9.63 Å². The molecule has 0 bridgehead atoms. The van der Waals surface area contributed by atoms with E-state index in [2.05, 4.69) is 51.6 Å². The van der Waals surface area contributed by atoms with E-state index in [1.54, 1.807) is 0 Å². The van der Waals surface area contributed by atoms with Crippen molar-refractivity contribution in [1.82, 2.24) is 4.90 Å². The van der Waals surface area contributed by atoms with Gasteiger partial charge in [0, 0.05) is 24.9 Å². The molecule has 0 saturated carbocycles. The number of nitrogens with zero attached hydrogens (tertiary/aromatic N) is 2. The van der Waals surface area contributed by atoms with Gasteiger partial charge in [0.1, 0.15) is 6.61 Å². The zero-order valence-electron chi connectivity index (χ0n) is 17.7. The lowest BCUT2D eigenvalue weighted by atomic mass is 9.75. The molecule has 1 rings (SSSR count). The summed E-state index contributed by atoms with van der Waals surface area (Å²) in [4.78, 5) is 19.8. The summed E-state index contributed by atoms with van der Waals surface area (Å²) in [6.45, 7) is 17.8. The molecule has 1 saturated heterocycles. The molecule has 25 heavy (non-hydrogen) atoms. The van der Waals surface area contributed by atoms with Crippen molar-refractivity contribution in [1.29, 1.82) is 0 Å². The van der Waals surface area contributed by atoms with Crippen LogP contribution in [0.5, 0.6) is 0 Å². The van der Waals surface area contributed by atoms with E-state index in [0.29, 0.717) is 24.3 Å². The van der Waals surface area contributed by atoms with Gasteiger partial charge in [-0.1, -0.05) is 46.7 Å². The maximum absolute atomic E-state index is 12.3. The average Bonchev–Trinajstić information content (AvgIpc) is 2.51. The number of hydrogen-bond acceptors (Lipinski definition) is 3. The molecule has 1 aliphatic rings. The molecule has 0 aromatic heterocycles. The lowest BCUT2D eigenvalue weighted by Crippen LogP contribution is -2.41. The second-order valence-electron chi connectivity index (χ2n) is 9.59. The first kappa shape index (κ1) is 22.0. The Labute approximate surface area is 155 Å². The first-order valence-corrected chi connectivity index (χ1v) is 9.96. The first-order valence-electron chi connectivity index (χ1n) is 9.96. The molecule has 1 amide bonds. The van der Waals surface area contributed by atoms with E-state index >= 15 is 0 Å². The molecule has 0 aromatic rings. The SMILES string of the molecule is C/C(=N/OCCCCCC(=O)N1CCC(C(C)(C)C)CC1)C(C)(C)C. The van der Waals surface area contributed by atoms with E-state index in [4.69, 9.17) is 4.84 Å². The zero-order chi connectivity index (χ0) is 19.1. The molecule has 1 heterocycles. The van der Waals surface area contributed by atoms with Crippen molar-refractivity contribution in [2.24, 2.45) is 21.9 Å². The molecule has 0 unspecified atom stereocenters. The molecule has 0 atom stereocenters. The van der Waals surface area contributed by atoms with Crippen molar-refractivity contribution in [3.05, 3.63) is 0 Å². The summed E-state index contributed by atoms with van der Waals surface area (Å²) in [6.07, 6.45) is 5.89.